The van der Waals surface area contributed by atoms with Crippen LogP contribution in [0.15, 0.2) is 0 Å². The topological polar surface area (TPSA) is 101 Å². The van der Waals surface area contributed by atoms with Crippen molar-refractivity contribution in [3.63, 3.8) is 0 Å². The molecule has 2 atom stereocenters. The molecule has 0 aromatic carbocycles. The van der Waals surface area contributed by atoms with Crippen molar-refractivity contribution in [1.82, 2.24) is 10.6 Å². The van der Waals surface area contributed by atoms with Gasteiger partial charge in [-0.1, -0.05) is 0 Å². The van der Waals surface area contributed by atoms with Gasteiger partial charge in [0.05, 0.1) is 0 Å². The molecule has 1 aliphatic rings. The predicted octanol–water partition coefficient (Wildman–Crippen LogP) is -1.74. The molecular weight excluding hydrogens is 186 g/mol. The minimum absolute atomic E-state index is 0.142. The van der Waals surface area contributed by atoms with Crippen molar-refractivity contribution in [3.8, 4) is 0 Å². The molecule has 1 fully saturated rings. The van der Waals surface area contributed by atoms with E-state index in [2.05, 4.69) is 10.6 Å². The Labute approximate surface area is 81.2 Å². The fourth-order valence-corrected chi connectivity index (χ4v) is 1.20. The van der Waals surface area contributed by atoms with E-state index in [0.717, 1.165) is 0 Å². The van der Waals surface area contributed by atoms with E-state index in [0.29, 0.717) is 12.8 Å². The van der Waals surface area contributed by atoms with Crippen molar-refractivity contribution in [2.24, 2.45) is 5.73 Å². The number of hydrogen-bond donors (Lipinski definition) is 3. The molecule has 0 bridgehead atoms. The second kappa shape index (κ2) is 4.08. The molecule has 0 aromatic rings. The van der Waals surface area contributed by atoms with Gasteiger partial charge in [-0.15, -0.1) is 0 Å². The van der Waals surface area contributed by atoms with Gasteiger partial charge in [0.15, 0.2) is 0 Å². The first-order valence-corrected chi connectivity index (χ1v) is 4.39. The SMILES string of the molecule is C[C@H](NC(=O)[C@H]1CCC(=O)N1)C(N)=O. The Bertz CT molecular complexity index is 277. The van der Waals surface area contributed by atoms with Crippen molar-refractivity contribution in [3.05, 3.63) is 0 Å². The molecule has 1 aliphatic heterocycles. The third-order valence-electron chi connectivity index (χ3n) is 2.10. The smallest absolute Gasteiger partial charge is 0.243 e. The van der Waals surface area contributed by atoms with E-state index in [9.17, 15) is 14.4 Å². The molecule has 6 heteroatoms. The maximum absolute atomic E-state index is 11.4. The summed E-state index contributed by atoms with van der Waals surface area (Å²) < 4.78 is 0. The van der Waals surface area contributed by atoms with E-state index in [1.807, 2.05) is 0 Å². The number of nitrogens with one attached hydrogen (secondary N) is 2. The highest BCUT2D eigenvalue weighted by Crippen LogP contribution is 2.06. The Morgan fingerprint density at radius 2 is 2.29 bits per heavy atom. The number of nitrogens with two attached hydrogens (primary N) is 1. The van der Waals surface area contributed by atoms with Crippen molar-refractivity contribution >= 4 is 17.7 Å². The third-order valence-corrected chi connectivity index (χ3v) is 2.10. The summed E-state index contributed by atoms with van der Waals surface area (Å²) in [6, 6.07) is -1.23. The van der Waals surface area contributed by atoms with Crippen LogP contribution in [-0.4, -0.2) is 29.8 Å². The van der Waals surface area contributed by atoms with Gasteiger partial charge in [-0.05, 0) is 13.3 Å². The maximum atomic E-state index is 11.4. The molecule has 0 aliphatic carbocycles. The standard InChI is InChI=1S/C8H13N3O3/c1-4(7(9)13)10-8(14)5-2-3-6(12)11-5/h4-5H,2-3H2,1H3,(H2,9,13)(H,10,14)(H,11,12)/t4-,5+/m0/s1. The van der Waals surface area contributed by atoms with E-state index in [-0.39, 0.29) is 11.8 Å². The lowest BCUT2D eigenvalue weighted by atomic mass is 10.2. The monoisotopic (exact) mass is 199 g/mol. The molecule has 4 N–H and O–H groups in total. The van der Waals surface area contributed by atoms with Crippen LogP contribution in [0.4, 0.5) is 0 Å². The molecule has 0 radical (unpaired) electrons. The first kappa shape index (κ1) is 10.5. The molecule has 0 unspecified atom stereocenters. The van der Waals surface area contributed by atoms with Crippen molar-refractivity contribution < 1.29 is 14.4 Å². The molecule has 0 aromatic heterocycles. The fourth-order valence-electron chi connectivity index (χ4n) is 1.20. The second-order valence-corrected chi connectivity index (χ2v) is 3.29. The minimum atomic E-state index is -0.708. The Kier molecular flexibility index (Phi) is 3.06. The highest BCUT2D eigenvalue weighted by Gasteiger charge is 2.28. The van der Waals surface area contributed by atoms with Crippen LogP contribution in [0, 0.1) is 0 Å². The maximum Gasteiger partial charge on any atom is 0.243 e. The van der Waals surface area contributed by atoms with Gasteiger partial charge in [0.2, 0.25) is 17.7 Å². The molecule has 1 rings (SSSR count). The zero-order valence-corrected chi connectivity index (χ0v) is 7.87. The molecular formula is C8H13N3O3. The average molecular weight is 199 g/mol. The molecule has 3 amide bonds. The highest BCUT2D eigenvalue weighted by molar-refractivity contribution is 5.93. The summed E-state index contributed by atoms with van der Waals surface area (Å²) in [7, 11) is 0. The van der Waals surface area contributed by atoms with Crippen molar-refractivity contribution in [2.75, 3.05) is 0 Å². The Hall–Kier alpha value is -1.59. The van der Waals surface area contributed by atoms with Crippen molar-refractivity contribution in [1.29, 1.82) is 0 Å². The van der Waals surface area contributed by atoms with Crippen LogP contribution in [-0.2, 0) is 14.4 Å². The lowest BCUT2D eigenvalue weighted by Gasteiger charge is -2.14. The summed E-state index contributed by atoms with van der Waals surface area (Å²) in [5.41, 5.74) is 4.97. The van der Waals surface area contributed by atoms with Gasteiger partial charge in [-0.3, -0.25) is 14.4 Å². The van der Waals surface area contributed by atoms with Crippen LogP contribution < -0.4 is 16.4 Å². The number of rotatable bonds is 3. The van der Waals surface area contributed by atoms with Crippen LogP contribution in [0.25, 0.3) is 0 Å². The largest absolute Gasteiger partial charge is 0.368 e. The summed E-state index contributed by atoms with van der Waals surface area (Å²) in [4.78, 5) is 32.8. The zero-order chi connectivity index (χ0) is 10.7. The molecule has 0 saturated carbocycles. The van der Waals surface area contributed by atoms with Gasteiger partial charge in [-0.25, -0.2) is 0 Å². The molecule has 1 saturated heterocycles. The van der Waals surface area contributed by atoms with Crippen LogP contribution in [0.5, 0.6) is 0 Å². The van der Waals surface area contributed by atoms with Gasteiger partial charge in [0.25, 0.3) is 0 Å². The molecule has 1 heterocycles. The second-order valence-electron chi connectivity index (χ2n) is 3.29. The molecule has 14 heavy (non-hydrogen) atoms. The summed E-state index contributed by atoms with van der Waals surface area (Å²) in [6.07, 6.45) is 0.819. The van der Waals surface area contributed by atoms with Gasteiger partial charge < -0.3 is 16.4 Å². The van der Waals surface area contributed by atoms with Gasteiger partial charge in [0.1, 0.15) is 12.1 Å². The quantitative estimate of drug-likeness (QED) is 0.502. The van der Waals surface area contributed by atoms with Gasteiger partial charge in [0, 0.05) is 6.42 Å². The van der Waals surface area contributed by atoms with E-state index in [4.69, 9.17) is 5.73 Å². The highest BCUT2D eigenvalue weighted by atomic mass is 16.2. The number of carbonyl (C=O) groups excluding carboxylic acids is 3. The normalized spacial score (nSPS) is 22.6. The third kappa shape index (κ3) is 2.45. The first-order chi connectivity index (χ1) is 6.50. The number of hydrogen-bond acceptors (Lipinski definition) is 3. The summed E-state index contributed by atoms with van der Waals surface area (Å²) in [5, 5.41) is 4.91. The molecule has 78 valence electrons. The van der Waals surface area contributed by atoms with E-state index < -0.39 is 18.0 Å². The van der Waals surface area contributed by atoms with Crippen molar-refractivity contribution in [2.45, 2.75) is 31.8 Å². The molecule has 0 spiro atoms. The average Bonchev–Trinajstić information content (AvgIpc) is 2.51. The first-order valence-electron chi connectivity index (χ1n) is 4.39. The van der Waals surface area contributed by atoms with Crippen LogP contribution >= 0.6 is 0 Å². The van der Waals surface area contributed by atoms with E-state index in [1.54, 1.807) is 0 Å². The summed E-state index contributed by atoms with van der Waals surface area (Å²) >= 11 is 0. The van der Waals surface area contributed by atoms with Crippen LogP contribution in [0.2, 0.25) is 0 Å². The number of carbonyl (C=O) groups is 3. The lowest BCUT2D eigenvalue weighted by molar-refractivity contribution is -0.129. The van der Waals surface area contributed by atoms with Gasteiger partial charge >= 0.3 is 0 Å². The lowest BCUT2D eigenvalue weighted by Crippen LogP contribution is -2.49. The summed E-state index contributed by atoms with van der Waals surface area (Å²) in [6.45, 7) is 1.50. The Morgan fingerprint density at radius 3 is 2.71 bits per heavy atom. The Balaban J connectivity index is 2.42. The molecule has 6 nitrogen and oxygen atoms in total. The van der Waals surface area contributed by atoms with E-state index in [1.165, 1.54) is 6.92 Å². The Morgan fingerprint density at radius 1 is 1.64 bits per heavy atom. The predicted molar refractivity (Wildman–Crippen MR) is 48.0 cm³/mol. The zero-order valence-electron chi connectivity index (χ0n) is 7.87. The van der Waals surface area contributed by atoms with E-state index >= 15 is 0 Å². The minimum Gasteiger partial charge on any atom is -0.368 e. The summed E-state index contributed by atoms with van der Waals surface area (Å²) in [5.74, 6) is -1.10. The van der Waals surface area contributed by atoms with Gasteiger partial charge in [-0.2, -0.15) is 0 Å². The van der Waals surface area contributed by atoms with Crippen LogP contribution in [0.3, 0.4) is 0 Å². The fraction of sp³-hybridized carbons (Fsp3) is 0.625. The number of primary amides is 1. The van der Waals surface area contributed by atoms with Crippen LogP contribution in [0.1, 0.15) is 19.8 Å². The number of amides is 3.